The summed E-state index contributed by atoms with van der Waals surface area (Å²) in [6, 6.07) is 1.90. The monoisotopic (exact) mass is 302 g/mol. The molecule has 0 radical (unpaired) electrons. The Morgan fingerprint density at radius 3 is 2.52 bits per heavy atom. The topological polar surface area (TPSA) is 96.2 Å². The second-order valence-corrected chi connectivity index (χ2v) is 4.44. The number of nitrogens with zero attached hydrogens (tertiary/aromatic N) is 1. The molecule has 2 rings (SSSR count). The van der Waals surface area contributed by atoms with Gasteiger partial charge in [0, 0.05) is 22.7 Å². The zero-order chi connectivity index (χ0) is 15.9. The Bertz CT molecular complexity index is 749. The Hall–Kier alpha value is -2.58. The lowest BCUT2D eigenvalue weighted by Gasteiger charge is -2.10. The van der Waals surface area contributed by atoms with Crippen LogP contribution in [0.15, 0.2) is 12.1 Å². The first-order valence-electron chi connectivity index (χ1n) is 5.70. The molecule has 0 bridgehead atoms. The van der Waals surface area contributed by atoms with E-state index in [1.165, 1.54) is 6.92 Å². The van der Waals surface area contributed by atoms with Gasteiger partial charge in [-0.3, -0.25) is 14.9 Å². The van der Waals surface area contributed by atoms with Crippen LogP contribution in [0.4, 0.5) is 18.9 Å². The number of nitro groups is 1. The summed E-state index contributed by atoms with van der Waals surface area (Å²) in [5.74, 6) is -1.32. The Morgan fingerprint density at radius 2 is 2.05 bits per heavy atom. The molecule has 0 saturated carbocycles. The number of H-pyrrole nitrogens is 1. The molecule has 0 atom stereocenters. The maximum Gasteiger partial charge on any atom is 0.423 e. The summed E-state index contributed by atoms with van der Waals surface area (Å²) in [6.45, 7) is 1.42. The third kappa shape index (κ3) is 2.54. The van der Waals surface area contributed by atoms with Gasteiger partial charge in [-0.25, -0.2) is 0 Å². The molecule has 1 aromatic carbocycles. The summed E-state index contributed by atoms with van der Waals surface area (Å²) in [4.78, 5) is 23.1. The van der Waals surface area contributed by atoms with E-state index in [0.717, 1.165) is 12.1 Å². The number of halogens is 3. The molecule has 0 aliphatic rings. The number of nitrogens with one attached hydrogen (secondary N) is 1. The fourth-order valence-corrected chi connectivity index (χ4v) is 2.29. The molecule has 1 aromatic heterocycles. The van der Waals surface area contributed by atoms with Crippen molar-refractivity contribution >= 4 is 22.6 Å². The van der Waals surface area contributed by atoms with Crippen molar-refractivity contribution in [2.75, 3.05) is 0 Å². The predicted octanol–water partition coefficient (Wildman–Crippen LogP) is 3.03. The average Bonchev–Trinajstić information content (AvgIpc) is 2.62. The quantitative estimate of drug-likeness (QED) is 0.672. The van der Waals surface area contributed by atoms with E-state index in [1.54, 1.807) is 0 Å². The Morgan fingerprint density at radius 1 is 1.43 bits per heavy atom. The molecule has 1 heterocycles. The number of rotatable bonds is 3. The van der Waals surface area contributed by atoms with E-state index in [1.807, 2.05) is 0 Å². The lowest BCUT2D eigenvalue weighted by molar-refractivity contribution is -0.387. The molecule has 21 heavy (non-hydrogen) atoms. The number of aryl methyl sites for hydroxylation is 1. The van der Waals surface area contributed by atoms with Crippen LogP contribution in [0.5, 0.6) is 0 Å². The zero-order valence-electron chi connectivity index (χ0n) is 10.6. The van der Waals surface area contributed by atoms with Gasteiger partial charge < -0.3 is 10.1 Å². The highest BCUT2D eigenvalue weighted by molar-refractivity contribution is 5.93. The van der Waals surface area contributed by atoms with Gasteiger partial charge in [-0.1, -0.05) is 0 Å². The summed E-state index contributed by atoms with van der Waals surface area (Å²) in [5, 5.41) is 19.2. The highest BCUT2D eigenvalue weighted by Gasteiger charge is 2.41. The number of benzene rings is 1. The van der Waals surface area contributed by atoms with E-state index in [-0.39, 0.29) is 16.8 Å². The van der Waals surface area contributed by atoms with Gasteiger partial charge in [0.25, 0.3) is 5.69 Å². The third-order valence-electron chi connectivity index (χ3n) is 3.07. The summed E-state index contributed by atoms with van der Waals surface area (Å²) < 4.78 is 39.6. The van der Waals surface area contributed by atoms with Gasteiger partial charge in [0.2, 0.25) is 0 Å². The van der Waals surface area contributed by atoms with E-state index in [9.17, 15) is 28.1 Å². The standard InChI is InChI=1S/C12H9F3N2O4/c1-5-6(4-9(18)19)10-7(16-5)2-3-8(17(20)21)11(10)12(13,14)15/h2-3,16H,4H2,1H3,(H,18,19). The van der Waals surface area contributed by atoms with Gasteiger partial charge in [-0.15, -0.1) is 0 Å². The molecular formula is C12H9F3N2O4. The first-order chi connectivity index (χ1) is 9.62. The van der Waals surface area contributed by atoms with Crippen molar-refractivity contribution in [3.05, 3.63) is 39.1 Å². The van der Waals surface area contributed by atoms with Gasteiger partial charge in [0.15, 0.2) is 0 Å². The van der Waals surface area contributed by atoms with Crippen molar-refractivity contribution in [2.45, 2.75) is 19.5 Å². The van der Waals surface area contributed by atoms with E-state index in [0.29, 0.717) is 0 Å². The number of carboxylic acids is 1. The van der Waals surface area contributed by atoms with Crippen LogP contribution in [0.2, 0.25) is 0 Å². The van der Waals surface area contributed by atoms with Crippen LogP contribution in [0.1, 0.15) is 16.8 Å². The number of aromatic amines is 1. The molecule has 2 aromatic rings. The summed E-state index contributed by atoms with van der Waals surface area (Å²) >= 11 is 0. The normalized spacial score (nSPS) is 11.8. The molecule has 9 heteroatoms. The number of fused-ring (bicyclic) bond motifs is 1. The smallest absolute Gasteiger partial charge is 0.423 e. The van der Waals surface area contributed by atoms with Crippen molar-refractivity contribution < 1.29 is 28.0 Å². The molecule has 112 valence electrons. The second-order valence-electron chi connectivity index (χ2n) is 4.44. The number of hydrogen-bond acceptors (Lipinski definition) is 3. The maximum atomic E-state index is 13.2. The summed E-state index contributed by atoms with van der Waals surface area (Å²) in [6.07, 6.45) is -5.63. The van der Waals surface area contributed by atoms with E-state index in [2.05, 4.69) is 4.98 Å². The largest absolute Gasteiger partial charge is 0.481 e. The molecular weight excluding hydrogens is 293 g/mol. The molecule has 0 fully saturated rings. The van der Waals surface area contributed by atoms with Crippen LogP contribution in [0.3, 0.4) is 0 Å². The molecule has 0 spiro atoms. The van der Waals surface area contributed by atoms with Crippen LogP contribution in [0.25, 0.3) is 10.9 Å². The van der Waals surface area contributed by atoms with Gasteiger partial charge >= 0.3 is 12.1 Å². The second kappa shape index (κ2) is 4.76. The fraction of sp³-hybridized carbons (Fsp3) is 0.250. The van der Waals surface area contributed by atoms with E-state index >= 15 is 0 Å². The highest BCUT2D eigenvalue weighted by atomic mass is 19.4. The SMILES string of the molecule is Cc1[nH]c2ccc([N+](=O)[O-])c(C(F)(F)F)c2c1CC(=O)O. The molecule has 0 amide bonds. The number of hydrogen-bond donors (Lipinski definition) is 2. The van der Waals surface area contributed by atoms with Gasteiger partial charge in [0.05, 0.1) is 11.3 Å². The average molecular weight is 302 g/mol. The number of nitro benzene ring substituents is 1. The van der Waals surface area contributed by atoms with Crippen LogP contribution in [0, 0.1) is 17.0 Å². The number of aliphatic carboxylic acids is 1. The third-order valence-corrected chi connectivity index (χ3v) is 3.07. The van der Waals surface area contributed by atoms with Crippen LogP contribution in [-0.2, 0) is 17.4 Å². The lowest BCUT2D eigenvalue weighted by Crippen LogP contribution is -2.11. The summed E-state index contributed by atoms with van der Waals surface area (Å²) in [5.41, 5.74) is -2.38. The Labute approximate surface area is 115 Å². The van der Waals surface area contributed by atoms with Crippen molar-refractivity contribution in [3.63, 3.8) is 0 Å². The van der Waals surface area contributed by atoms with Gasteiger partial charge in [0.1, 0.15) is 5.56 Å². The minimum atomic E-state index is -4.97. The fourth-order valence-electron chi connectivity index (χ4n) is 2.29. The molecule has 2 N–H and O–H groups in total. The van der Waals surface area contributed by atoms with Gasteiger partial charge in [-0.2, -0.15) is 13.2 Å². The highest BCUT2D eigenvalue weighted by Crippen LogP contribution is 2.42. The van der Waals surface area contributed by atoms with Crippen molar-refractivity contribution in [1.29, 1.82) is 0 Å². The number of carboxylic acid groups (broad SMARTS) is 1. The van der Waals surface area contributed by atoms with Crippen molar-refractivity contribution in [2.24, 2.45) is 0 Å². The lowest BCUT2D eigenvalue weighted by atomic mass is 10.0. The van der Waals surface area contributed by atoms with Gasteiger partial charge in [-0.05, 0) is 18.6 Å². The first kappa shape index (κ1) is 14.8. The molecule has 0 unspecified atom stereocenters. The molecule has 0 aliphatic carbocycles. The van der Waals surface area contributed by atoms with Crippen LogP contribution < -0.4 is 0 Å². The Balaban J connectivity index is 2.93. The molecule has 0 aliphatic heterocycles. The number of carbonyl (C=O) groups is 1. The maximum absolute atomic E-state index is 13.2. The number of alkyl halides is 3. The Kier molecular flexibility index (Phi) is 3.36. The predicted molar refractivity (Wildman–Crippen MR) is 66.0 cm³/mol. The van der Waals surface area contributed by atoms with Crippen LogP contribution >= 0.6 is 0 Å². The van der Waals surface area contributed by atoms with Crippen LogP contribution in [-0.4, -0.2) is 21.0 Å². The molecule has 6 nitrogen and oxygen atoms in total. The zero-order valence-corrected chi connectivity index (χ0v) is 10.6. The van der Waals surface area contributed by atoms with E-state index in [4.69, 9.17) is 5.11 Å². The minimum Gasteiger partial charge on any atom is -0.481 e. The minimum absolute atomic E-state index is 0.0154. The van der Waals surface area contributed by atoms with Crippen molar-refractivity contribution in [3.8, 4) is 0 Å². The van der Waals surface area contributed by atoms with E-state index < -0.39 is 40.1 Å². The number of aromatic nitrogens is 1. The first-order valence-corrected chi connectivity index (χ1v) is 5.70. The molecule has 0 saturated heterocycles. The summed E-state index contributed by atoms with van der Waals surface area (Å²) in [7, 11) is 0. The van der Waals surface area contributed by atoms with Crippen molar-refractivity contribution in [1.82, 2.24) is 4.98 Å².